The van der Waals surface area contributed by atoms with Crippen LogP contribution in [-0.4, -0.2) is 37.4 Å². The van der Waals surface area contributed by atoms with Crippen LogP contribution < -0.4 is 0 Å². The molecule has 0 aromatic rings. The Balaban J connectivity index is 2.91. The van der Waals surface area contributed by atoms with Gasteiger partial charge in [-0.25, -0.2) is 0 Å². The lowest BCUT2D eigenvalue weighted by molar-refractivity contribution is -0.146. The minimum absolute atomic E-state index is 0.0269. The molecule has 122 valence electrons. The first kappa shape index (κ1) is 17.9. The summed E-state index contributed by atoms with van der Waals surface area (Å²) in [5.74, 6) is -2.22. The molecule has 7 heteroatoms. The highest BCUT2D eigenvalue weighted by atomic mass is 16.6. The van der Waals surface area contributed by atoms with Gasteiger partial charge in [-0.1, -0.05) is 0 Å². The Morgan fingerprint density at radius 3 is 2.18 bits per heavy atom. The number of esters is 3. The van der Waals surface area contributed by atoms with E-state index in [0.29, 0.717) is 12.2 Å². The van der Waals surface area contributed by atoms with E-state index in [1.54, 1.807) is 6.08 Å². The Labute approximate surface area is 128 Å². The molecule has 0 fully saturated rings. The molecule has 0 unspecified atom stereocenters. The van der Waals surface area contributed by atoms with Crippen molar-refractivity contribution in [3.63, 3.8) is 0 Å². The van der Waals surface area contributed by atoms with Crippen molar-refractivity contribution in [3.05, 3.63) is 11.8 Å². The van der Waals surface area contributed by atoms with E-state index in [1.165, 1.54) is 20.8 Å². The summed E-state index contributed by atoms with van der Waals surface area (Å²) >= 11 is 0. The van der Waals surface area contributed by atoms with E-state index in [0.717, 1.165) is 6.29 Å². The van der Waals surface area contributed by atoms with Crippen molar-refractivity contribution >= 4 is 24.2 Å². The Morgan fingerprint density at radius 1 is 1.09 bits per heavy atom. The number of carbonyl (C=O) groups excluding carboxylic acids is 4. The fourth-order valence-corrected chi connectivity index (χ4v) is 2.28. The summed E-state index contributed by atoms with van der Waals surface area (Å²) in [4.78, 5) is 44.3. The summed E-state index contributed by atoms with van der Waals surface area (Å²) in [6.45, 7) is 3.87. The monoisotopic (exact) mass is 312 g/mol. The second kappa shape index (κ2) is 8.31. The maximum Gasteiger partial charge on any atom is 0.307 e. The molecule has 1 aliphatic carbocycles. The van der Waals surface area contributed by atoms with Crippen molar-refractivity contribution in [2.24, 2.45) is 17.8 Å². The van der Waals surface area contributed by atoms with Gasteiger partial charge in [-0.2, -0.15) is 0 Å². The first-order valence-electron chi connectivity index (χ1n) is 6.95. The summed E-state index contributed by atoms with van der Waals surface area (Å²) in [6.07, 6.45) is 2.72. The summed E-state index contributed by atoms with van der Waals surface area (Å²) in [5, 5.41) is 0. The summed E-state index contributed by atoms with van der Waals surface area (Å²) in [6, 6.07) is 0. The topological polar surface area (TPSA) is 96.0 Å². The lowest BCUT2D eigenvalue weighted by Gasteiger charge is -2.31. The molecule has 1 rings (SSSR count). The van der Waals surface area contributed by atoms with Gasteiger partial charge in [-0.15, -0.1) is 0 Å². The fourth-order valence-electron chi connectivity index (χ4n) is 2.28. The molecule has 0 saturated heterocycles. The van der Waals surface area contributed by atoms with Gasteiger partial charge in [0.05, 0.1) is 12.5 Å². The number of rotatable bonds is 6. The third-order valence-electron chi connectivity index (χ3n) is 3.29. The standard InChI is InChI=1S/C15H20O7/c1-9(17)20-7-13-5-15(22-11(3)19)14(4-12(13)6-16)8-21-10(2)18/h5-6,12-14H,4,7-8H2,1-3H3/t12-,13+,14+/m0/s1. The smallest absolute Gasteiger partial charge is 0.307 e. The molecule has 1 aliphatic rings. The van der Waals surface area contributed by atoms with Gasteiger partial charge < -0.3 is 19.0 Å². The zero-order valence-corrected chi connectivity index (χ0v) is 12.9. The fraction of sp³-hybridized carbons (Fsp3) is 0.600. The number of carbonyl (C=O) groups is 4. The molecule has 0 saturated carbocycles. The van der Waals surface area contributed by atoms with Gasteiger partial charge in [-0.3, -0.25) is 14.4 Å². The van der Waals surface area contributed by atoms with Crippen molar-refractivity contribution in [2.75, 3.05) is 13.2 Å². The summed E-state index contributed by atoms with van der Waals surface area (Å²) in [5.41, 5.74) is 0. The van der Waals surface area contributed by atoms with Crippen LogP contribution in [0.2, 0.25) is 0 Å². The normalized spacial score (nSPS) is 24.0. The molecule has 3 atom stereocenters. The molecular weight excluding hydrogens is 292 g/mol. The molecular formula is C15H20O7. The number of hydrogen-bond acceptors (Lipinski definition) is 7. The van der Waals surface area contributed by atoms with E-state index < -0.39 is 23.8 Å². The predicted molar refractivity (Wildman–Crippen MR) is 74.3 cm³/mol. The lowest BCUT2D eigenvalue weighted by Crippen LogP contribution is -2.32. The minimum atomic E-state index is -0.505. The van der Waals surface area contributed by atoms with Crippen molar-refractivity contribution in [2.45, 2.75) is 27.2 Å². The molecule has 7 nitrogen and oxygen atoms in total. The SMILES string of the molecule is CC(=O)OC[C@H]1C[C@@H](C=O)[C@@H](COC(C)=O)C=C1OC(C)=O. The van der Waals surface area contributed by atoms with Crippen LogP contribution in [0.5, 0.6) is 0 Å². The van der Waals surface area contributed by atoms with Crippen LogP contribution in [0.1, 0.15) is 27.2 Å². The zero-order valence-electron chi connectivity index (χ0n) is 12.9. The highest BCUT2D eigenvalue weighted by Crippen LogP contribution is 2.33. The number of aldehydes is 1. The largest absolute Gasteiger partial charge is 0.465 e. The van der Waals surface area contributed by atoms with Gasteiger partial charge in [0.2, 0.25) is 0 Å². The quantitative estimate of drug-likeness (QED) is 0.410. The average molecular weight is 312 g/mol. The van der Waals surface area contributed by atoms with E-state index in [9.17, 15) is 19.2 Å². The van der Waals surface area contributed by atoms with Crippen LogP contribution in [0.3, 0.4) is 0 Å². The molecule has 0 spiro atoms. The van der Waals surface area contributed by atoms with Gasteiger partial charge >= 0.3 is 17.9 Å². The van der Waals surface area contributed by atoms with Crippen LogP contribution in [0.25, 0.3) is 0 Å². The first-order valence-corrected chi connectivity index (χ1v) is 6.95. The molecule has 0 aliphatic heterocycles. The van der Waals surface area contributed by atoms with Crippen LogP contribution in [0.4, 0.5) is 0 Å². The highest BCUT2D eigenvalue weighted by molar-refractivity contribution is 5.68. The Morgan fingerprint density at radius 2 is 1.68 bits per heavy atom. The first-order chi connectivity index (χ1) is 10.3. The maximum atomic E-state index is 11.2. The molecule has 0 aromatic heterocycles. The second-order valence-electron chi connectivity index (χ2n) is 5.16. The van der Waals surface area contributed by atoms with E-state index in [4.69, 9.17) is 14.2 Å². The molecule has 0 heterocycles. The predicted octanol–water partition coefficient (Wildman–Crippen LogP) is 1.01. The Bertz CT molecular complexity index is 480. The van der Waals surface area contributed by atoms with Crippen molar-refractivity contribution < 1.29 is 33.4 Å². The van der Waals surface area contributed by atoms with Crippen molar-refractivity contribution in [1.82, 2.24) is 0 Å². The van der Waals surface area contributed by atoms with E-state index in [-0.39, 0.29) is 25.0 Å². The van der Waals surface area contributed by atoms with Crippen LogP contribution in [0.15, 0.2) is 11.8 Å². The highest BCUT2D eigenvalue weighted by Gasteiger charge is 2.34. The molecule has 0 radical (unpaired) electrons. The third-order valence-corrected chi connectivity index (χ3v) is 3.29. The van der Waals surface area contributed by atoms with Gasteiger partial charge in [0.1, 0.15) is 18.7 Å². The van der Waals surface area contributed by atoms with Crippen molar-refractivity contribution in [3.8, 4) is 0 Å². The van der Waals surface area contributed by atoms with Crippen LogP contribution in [0, 0.1) is 17.8 Å². The number of hydrogen-bond donors (Lipinski definition) is 0. The van der Waals surface area contributed by atoms with Gasteiger partial charge in [0.15, 0.2) is 0 Å². The molecule has 0 bridgehead atoms. The maximum absolute atomic E-state index is 11.2. The van der Waals surface area contributed by atoms with Gasteiger partial charge in [0, 0.05) is 32.6 Å². The molecule has 0 N–H and O–H groups in total. The van der Waals surface area contributed by atoms with Crippen LogP contribution >= 0.6 is 0 Å². The number of ether oxygens (including phenoxy) is 3. The third kappa shape index (κ3) is 5.67. The van der Waals surface area contributed by atoms with Crippen molar-refractivity contribution in [1.29, 1.82) is 0 Å². The van der Waals surface area contributed by atoms with Crippen LogP contribution in [-0.2, 0) is 33.4 Å². The van der Waals surface area contributed by atoms with Gasteiger partial charge in [-0.05, 0) is 12.5 Å². The molecule has 22 heavy (non-hydrogen) atoms. The Kier molecular flexibility index (Phi) is 6.75. The second-order valence-corrected chi connectivity index (χ2v) is 5.16. The summed E-state index contributed by atoms with van der Waals surface area (Å²) < 4.78 is 15.0. The minimum Gasteiger partial charge on any atom is -0.465 e. The summed E-state index contributed by atoms with van der Waals surface area (Å²) in [7, 11) is 0. The van der Waals surface area contributed by atoms with E-state index in [1.807, 2.05) is 0 Å². The average Bonchev–Trinajstić information content (AvgIpc) is 2.42. The zero-order chi connectivity index (χ0) is 16.7. The molecule has 0 amide bonds. The lowest BCUT2D eigenvalue weighted by atomic mass is 9.79. The van der Waals surface area contributed by atoms with E-state index >= 15 is 0 Å². The van der Waals surface area contributed by atoms with Gasteiger partial charge in [0.25, 0.3) is 0 Å². The molecule has 0 aromatic carbocycles. The Hall–Kier alpha value is -2.18. The van der Waals surface area contributed by atoms with E-state index in [2.05, 4.69) is 0 Å².